The van der Waals surface area contributed by atoms with Crippen LogP contribution in [0.15, 0.2) is 5.16 Å². The molecule has 1 saturated carbocycles. The van der Waals surface area contributed by atoms with Crippen LogP contribution in [0.5, 0.6) is 0 Å². The zero-order valence-electron chi connectivity index (χ0n) is 12.8. The summed E-state index contributed by atoms with van der Waals surface area (Å²) in [6, 6.07) is 0. The van der Waals surface area contributed by atoms with Crippen LogP contribution in [0.2, 0.25) is 0 Å². The minimum Gasteiger partial charge on any atom is -0.378 e. The molecule has 0 N–H and O–H groups in total. The van der Waals surface area contributed by atoms with E-state index in [-0.39, 0.29) is 5.16 Å². The van der Waals surface area contributed by atoms with Gasteiger partial charge in [0, 0.05) is 29.2 Å². The van der Waals surface area contributed by atoms with E-state index < -0.39 is 14.6 Å². The summed E-state index contributed by atoms with van der Waals surface area (Å²) in [6.07, 6.45) is 2.98. The quantitative estimate of drug-likeness (QED) is 0.772. The van der Waals surface area contributed by atoms with Gasteiger partial charge >= 0.3 is 0 Å². The lowest BCUT2D eigenvalue weighted by atomic mass is 9.80. The average Bonchev–Trinajstić information content (AvgIpc) is 2.69. The highest BCUT2D eigenvalue weighted by molar-refractivity contribution is 8.13. The van der Waals surface area contributed by atoms with Gasteiger partial charge in [-0.25, -0.2) is 8.42 Å². The maximum absolute atomic E-state index is 11.6. The van der Waals surface area contributed by atoms with Crippen LogP contribution in [0.25, 0.3) is 0 Å². The third kappa shape index (κ3) is 3.76. The normalized spacial score (nSPS) is 23.1. The molecule has 1 aliphatic carbocycles. The first kappa shape index (κ1) is 16.7. The van der Waals surface area contributed by atoms with E-state index in [1.807, 2.05) is 27.7 Å². The van der Waals surface area contributed by atoms with Crippen molar-refractivity contribution in [3.63, 3.8) is 0 Å². The molecule has 0 saturated heterocycles. The van der Waals surface area contributed by atoms with Gasteiger partial charge in [0.15, 0.2) is 0 Å². The summed E-state index contributed by atoms with van der Waals surface area (Å²) in [7, 11) is 1.56. The Bertz CT molecular complexity index is 601. The predicted octanol–water partition coefficient (Wildman–Crippen LogP) is 2.32. The van der Waals surface area contributed by atoms with Gasteiger partial charge in [-0.1, -0.05) is 0 Å². The van der Waals surface area contributed by atoms with Crippen LogP contribution in [0, 0.1) is 5.92 Å². The molecule has 0 aromatic carbocycles. The van der Waals surface area contributed by atoms with Gasteiger partial charge in [0.05, 0.1) is 6.10 Å². The van der Waals surface area contributed by atoms with Crippen LogP contribution in [0.3, 0.4) is 0 Å². The molecule has 0 spiro atoms. The summed E-state index contributed by atoms with van der Waals surface area (Å²) < 4.78 is 30.5. The van der Waals surface area contributed by atoms with Crippen molar-refractivity contribution < 1.29 is 13.2 Å². The van der Waals surface area contributed by atoms with Gasteiger partial charge in [-0.3, -0.25) is 4.57 Å². The van der Waals surface area contributed by atoms with Crippen LogP contribution in [0.4, 0.5) is 0 Å². The summed E-state index contributed by atoms with van der Waals surface area (Å²) >= 11 is 0. The predicted molar refractivity (Wildman–Crippen MR) is 79.9 cm³/mol. The van der Waals surface area contributed by atoms with E-state index in [0.29, 0.717) is 24.3 Å². The number of aromatic nitrogens is 3. The second-order valence-corrected chi connectivity index (χ2v) is 8.92. The largest absolute Gasteiger partial charge is 0.378 e. The van der Waals surface area contributed by atoms with Gasteiger partial charge in [0.1, 0.15) is 5.82 Å². The minimum atomic E-state index is -3.90. The molecule has 21 heavy (non-hydrogen) atoms. The number of nitrogens with zero attached hydrogens (tertiary/aromatic N) is 3. The van der Waals surface area contributed by atoms with Gasteiger partial charge in [-0.05, 0) is 46.5 Å². The Hall–Kier alpha value is -0.660. The lowest BCUT2D eigenvalue weighted by Crippen LogP contribution is -2.34. The highest BCUT2D eigenvalue weighted by atomic mass is 35.7. The lowest BCUT2D eigenvalue weighted by molar-refractivity contribution is -0.0249. The van der Waals surface area contributed by atoms with E-state index >= 15 is 0 Å². The molecule has 1 aliphatic rings. The Labute approximate surface area is 130 Å². The Morgan fingerprint density at radius 3 is 2.43 bits per heavy atom. The molecule has 8 heteroatoms. The first-order valence-electron chi connectivity index (χ1n) is 7.14. The monoisotopic (exact) mass is 335 g/mol. The molecule has 0 atom stereocenters. The molecular formula is C13H22ClN3O3S. The van der Waals surface area contributed by atoms with Crippen LogP contribution in [-0.2, 0) is 25.7 Å². The maximum atomic E-state index is 11.6. The molecule has 0 bridgehead atoms. The molecule has 0 unspecified atom stereocenters. The molecule has 0 radical (unpaired) electrons. The Kier molecular flexibility index (Phi) is 4.66. The molecule has 1 aromatic heterocycles. The summed E-state index contributed by atoms with van der Waals surface area (Å²) in [5, 5.41) is 7.66. The number of hydrogen-bond acceptors (Lipinski definition) is 5. The Morgan fingerprint density at radius 2 is 1.95 bits per heavy atom. The van der Waals surface area contributed by atoms with Crippen molar-refractivity contribution in [1.29, 1.82) is 0 Å². The zero-order chi connectivity index (χ0) is 15.8. The maximum Gasteiger partial charge on any atom is 0.296 e. The van der Waals surface area contributed by atoms with Gasteiger partial charge in [0.25, 0.3) is 14.2 Å². The zero-order valence-corrected chi connectivity index (χ0v) is 14.4. The minimum absolute atomic E-state index is 0.174. The standard InChI is InChI=1S/C13H22ClN3O3S/c1-5-20-10-6-9(7-10)8-11-15-16-12(21(14,18)19)17(11)13(2,3)4/h9-10H,5-8H2,1-4H3. The fourth-order valence-electron chi connectivity index (χ4n) is 2.74. The molecule has 6 nitrogen and oxygen atoms in total. The summed E-state index contributed by atoms with van der Waals surface area (Å²) in [5.41, 5.74) is -0.445. The summed E-state index contributed by atoms with van der Waals surface area (Å²) in [6.45, 7) is 8.45. The first-order chi connectivity index (χ1) is 9.63. The van der Waals surface area contributed by atoms with Crippen LogP contribution in [0.1, 0.15) is 46.4 Å². The van der Waals surface area contributed by atoms with Crippen molar-refractivity contribution in [2.45, 2.75) is 63.8 Å². The summed E-state index contributed by atoms with van der Waals surface area (Å²) in [4.78, 5) is 0. The molecule has 0 aliphatic heterocycles. The molecular weight excluding hydrogens is 314 g/mol. The SMILES string of the molecule is CCOC1CC(Cc2nnc(S(=O)(=O)Cl)n2C(C)(C)C)C1. The van der Waals surface area contributed by atoms with Crippen molar-refractivity contribution >= 4 is 19.7 Å². The van der Waals surface area contributed by atoms with Crippen LogP contribution >= 0.6 is 10.7 Å². The number of ether oxygens (including phenoxy) is 1. The van der Waals surface area contributed by atoms with E-state index in [1.54, 1.807) is 4.57 Å². The van der Waals surface area contributed by atoms with E-state index in [0.717, 1.165) is 19.4 Å². The fourth-order valence-corrected chi connectivity index (χ4v) is 3.77. The van der Waals surface area contributed by atoms with E-state index in [1.165, 1.54) is 0 Å². The third-order valence-corrected chi connectivity index (χ3v) is 4.77. The van der Waals surface area contributed by atoms with Crippen molar-refractivity contribution in [3.05, 3.63) is 5.82 Å². The van der Waals surface area contributed by atoms with Gasteiger partial charge < -0.3 is 4.74 Å². The molecule has 0 amide bonds. The number of rotatable bonds is 5. The van der Waals surface area contributed by atoms with Crippen LogP contribution < -0.4 is 0 Å². The second-order valence-electron chi connectivity index (χ2n) is 6.46. The van der Waals surface area contributed by atoms with Crippen LogP contribution in [-0.4, -0.2) is 35.9 Å². The smallest absolute Gasteiger partial charge is 0.296 e. The summed E-state index contributed by atoms with van der Waals surface area (Å²) in [5.74, 6) is 1.12. The molecule has 120 valence electrons. The van der Waals surface area contributed by atoms with E-state index in [9.17, 15) is 8.42 Å². The van der Waals surface area contributed by atoms with Crippen molar-refractivity contribution in [1.82, 2.24) is 14.8 Å². The average molecular weight is 336 g/mol. The Balaban J connectivity index is 2.20. The third-order valence-electron chi connectivity index (χ3n) is 3.66. The van der Waals surface area contributed by atoms with Crippen molar-refractivity contribution in [2.75, 3.05) is 6.61 Å². The Morgan fingerprint density at radius 1 is 1.33 bits per heavy atom. The van der Waals surface area contributed by atoms with E-state index in [2.05, 4.69) is 10.2 Å². The first-order valence-corrected chi connectivity index (χ1v) is 9.45. The second kappa shape index (κ2) is 5.85. The highest BCUT2D eigenvalue weighted by Gasteiger charge is 2.34. The van der Waals surface area contributed by atoms with Crippen molar-refractivity contribution in [2.24, 2.45) is 5.92 Å². The van der Waals surface area contributed by atoms with Gasteiger partial charge in [0.2, 0.25) is 0 Å². The molecule has 1 fully saturated rings. The molecule has 2 rings (SSSR count). The van der Waals surface area contributed by atoms with E-state index in [4.69, 9.17) is 15.4 Å². The number of halogens is 1. The number of hydrogen-bond donors (Lipinski definition) is 0. The highest BCUT2D eigenvalue weighted by Crippen LogP contribution is 2.34. The van der Waals surface area contributed by atoms with Crippen molar-refractivity contribution in [3.8, 4) is 0 Å². The van der Waals surface area contributed by atoms with Gasteiger partial charge in [-0.2, -0.15) is 0 Å². The van der Waals surface area contributed by atoms with Gasteiger partial charge in [-0.15, -0.1) is 10.2 Å². The topological polar surface area (TPSA) is 74.1 Å². The molecule has 1 heterocycles. The molecule has 1 aromatic rings. The fraction of sp³-hybridized carbons (Fsp3) is 0.846. The lowest BCUT2D eigenvalue weighted by Gasteiger charge is -2.35.